The van der Waals surface area contributed by atoms with E-state index in [4.69, 9.17) is 0 Å². The van der Waals surface area contributed by atoms with Gasteiger partial charge in [0.15, 0.2) is 0 Å². The van der Waals surface area contributed by atoms with Crippen molar-refractivity contribution in [3.63, 3.8) is 0 Å². The smallest absolute Gasteiger partial charge is 0.207 e. The molecule has 0 unspecified atom stereocenters. The molecule has 0 aromatic carbocycles. The second-order valence-corrected chi connectivity index (χ2v) is 7.29. The van der Waals surface area contributed by atoms with Crippen molar-refractivity contribution in [2.45, 2.75) is 32.7 Å². The Kier molecular flexibility index (Phi) is 5.34. The van der Waals surface area contributed by atoms with E-state index in [1.54, 1.807) is 17.4 Å². The standard InChI is InChI=1S/C15H19NO2S2/c1-2-4-13-5-3-6-15(8-7-13)20(17,18)16-11-14-9-10-19-12-14/h3,5,7-10,12,16H,2,4,6,11H2,1H3. The van der Waals surface area contributed by atoms with Gasteiger partial charge in [-0.3, -0.25) is 0 Å². The van der Waals surface area contributed by atoms with Gasteiger partial charge in [0, 0.05) is 13.0 Å². The predicted octanol–water partition coefficient (Wildman–Crippen LogP) is 3.74. The average molecular weight is 309 g/mol. The zero-order valence-corrected chi connectivity index (χ0v) is 13.1. The van der Waals surface area contributed by atoms with Gasteiger partial charge < -0.3 is 0 Å². The van der Waals surface area contributed by atoms with Crippen LogP contribution in [0.5, 0.6) is 0 Å². The third kappa shape index (κ3) is 4.16. The average Bonchev–Trinajstić information content (AvgIpc) is 2.82. The summed E-state index contributed by atoms with van der Waals surface area (Å²) in [7, 11) is -3.40. The Hall–Kier alpha value is -1.17. The maximum Gasteiger partial charge on any atom is 0.237 e. The molecule has 3 nitrogen and oxygen atoms in total. The molecule has 0 atom stereocenters. The highest BCUT2D eigenvalue weighted by Gasteiger charge is 2.16. The van der Waals surface area contributed by atoms with Crippen LogP contribution in [-0.2, 0) is 16.6 Å². The van der Waals surface area contributed by atoms with Crippen molar-refractivity contribution >= 4 is 21.4 Å². The minimum atomic E-state index is -3.40. The molecule has 1 aliphatic rings. The SMILES string of the molecule is CCCC1=CC=C(S(=O)(=O)NCc2ccsc2)CC=C1. The van der Waals surface area contributed by atoms with Crippen LogP contribution in [0.3, 0.4) is 0 Å². The molecule has 0 aliphatic heterocycles. The molecule has 5 heteroatoms. The van der Waals surface area contributed by atoms with Gasteiger partial charge in [-0.15, -0.1) is 0 Å². The van der Waals surface area contributed by atoms with Gasteiger partial charge in [0.1, 0.15) is 0 Å². The molecule has 0 amide bonds. The molecule has 0 bridgehead atoms. The van der Waals surface area contributed by atoms with Gasteiger partial charge in [-0.1, -0.05) is 31.6 Å². The van der Waals surface area contributed by atoms with Crippen LogP contribution in [0.15, 0.2) is 51.6 Å². The van der Waals surface area contributed by atoms with Crippen molar-refractivity contribution in [3.05, 3.63) is 57.2 Å². The zero-order valence-electron chi connectivity index (χ0n) is 11.5. The van der Waals surface area contributed by atoms with E-state index in [2.05, 4.69) is 11.6 Å². The molecule has 108 valence electrons. The lowest BCUT2D eigenvalue weighted by atomic mass is 10.1. The summed E-state index contributed by atoms with van der Waals surface area (Å²) in [5.41, 5.74) is 2.17. The third-order valence-electron chi connectivity index (χ3n) is 3.06. The van der Waals surface area contributed by atoms with E-state index in [1.165, 1.54) is 5.57 Å². The Morgan fingerprint density at radius 1 is 1.35 bits per heavy atom. The second-order valence-electron chi connectivity index (χ2n) is 4.69. The maximum atomic E-state index is 12.3. The highest BCUT2D eigenvalue weighted by molar-refractivity contribution is 7.93. The molecular formula is C15H19NO2S2. The van der Waals surface area contributed by atoms with E-state index < -0.39 is 10.0 Å². The summed E-state index contributed by atoms with van der Waals surface area (Å²) in [6.07, 6.45) is 10.0. The fraction of sp³-hybridized carbons (Fsp3) is 0.333. The van der Waals surface area contributed by atoms with Crippen molar-refractivity contribution in [1.29, 1.82) is 0 Å². The first-order valence-corrected chi connectivity index (χ1v) is 9.11. The van der Waals surface area contributed by atoms with E-state index in [-0.39, 0.29) is 0 Å². The normalized spacial score (nSPS) is 15.7. The lowest BCUT2D eigenvalue weighted by Crippen LogP contribution is -2.24. The molecule has 1 N–H and O–H groups in total. The number of nitrogens with one attached hydrogen (secondary N) is 1. The second kappa shape index (κ2) is 7.02. The van der Waals surface area contributed by atoms with Gasteiger partial charge in [-0.05, 0) is 40.5 Å². The highest BCUT2D eigenvalue weighted by atomic mass is 32.2. The molecule has 0 saturated carbocycles. The lowest BCUT2D eigenvalue weighted by molar-refractivity contribution is 0.587. The summed E-state index contributed by atoms with van der Waals surface area (Å²) < 4.78 is 27.2. The first kappa shape index (κ1) is 15.2. The van der Waals surface area contributed by atoms with Crippen molar-refractivity contribution in [2.24, 2.45) is 0 Å². The Labute approximate surface area is 124 Å². The summed E-state index contributed by atoms with van der Waals surface area (Å²) in [5.74, 6) is 0. The van der Waals surface area contributed by atoms with Crippen LogP contribution in [0.2, 0.25) is 0 Å². The first-order chi connectivity index (χ1) is 9.62. The Morgan fingerprint density at radius 3 is 2.90 bits per heavy atom. The Morgan fingerprint density at radius 2 is 2.20 bits per heavy atom. The topological polar surface area (TPSA) is 46.2 Å². The van der Waals surface area contributed by atoms with Gasteiger partial charge in [0.2, 0.25) is 10.0 Å². The quantitative estimate of drug-likeness (QED) is 0.870. The van der Waals surface area contributed by atoms with Crippen LogP contribution in [0, 0.1) is 0 Å². The number of hydrogen-bond acceptors (Lipinski definition) is 3. The predicted molar refractivity (Wildman–Crippen MR) is 84.9 cm³/mol. The summed E-state index contributed by atoms with van der Waals surface area (Å²) >= 11 is 1.56. The summed E-state index contributed by atoms with van der Waals surface area (Å²) in [6, 6.07) is 1.92. The number of allylic oxidation sites excluding steroid dienone is 6. The monoisotopic (exact) mass is 309 g/mol. The molecule has 20 heavy (non-hydrogen) atoms. The van der Waals surface area contributed by atoms with Crippen LogP contribution in [0.25, 0.3) is 0 Å². The molecule has 0 spiro atoms. The summed E-state index contributed by atoms with van der Waals surface area (Å²) in [6.45, 7) is 2.46. The molecule has 1 aromatic heterocycles. The Balaban J connectivity index is 2.07. The van der Waals surface area contributed by atoms with E-state index >= 15 is 0 Å². The molecule has 0 saturated heterocycles. The molecule has 2 rings (SSSR count). The fourth-order valence-electron chi connectivity index (χ4n) is 1.97. The molecule has 1 heterocycles. The van der Waals surface area contributed by atoms with Gasteiger partial charge in [-0.25, -0.2) is 13.1 Å². The van der Waals surface area contributed by atoms with Gasteiger partial charge in [-0.2, -0.15) is 11.3 Å². The summed E-state index contributed by atoms with van der Waals surface area (Å²) in [5, 5.41) is 3.89. The van der Waals surface area contributed by atoms with Crippen LogP contribution in [-0.4, -0.2) is 8.42 Å². The number of thiophene rings is 1. The van der Waals surface area contributed by atoms with Crippen molar-refractivity contribution in [3.8, 4) is 0 Å². The minimum Gasteiger partial charge on any atom is -0.207 e. The minimum absolute atomic E-state index is 0.346. The molecule has 1 aromatic rings. The van der Waals surface area contributed by atoms with Gasteiger partial charge in [0.05, 0.1) is 4.91 Å². The van der Waals surface area contributed by atoms with E-state index in [0.717, 1.165) is 18.4 Å². The fourth-order valence-corrected chi connectivity index (χ4v) is 3.74. The van der Waals surface area contributed by atoms with Crippen LogP contribution >= 0.6 is 11.3 Å². The van der Waals surface area contributed by atoms with Crippen molar-refractivity contribution in [2.75, 3.05) is 0 Å². The van der Waals surface area contributed by atoms with Crippen molar-refractivity contribution < 1.29 is 8.42 Å². The zero-order chi connectivity index (χ0) is 14.4. The molecule has 0 fully saturated rings. The van der Waals surface area contributed by atoms with E-state index in [1.807, 2.05) is 35.1 Å². The summed E-state index contributed by atoms with van der Waals surface area (Å²) in [4.78, 5) is 0.426. The molecule has 1 aliphatic carbocycles. The maximum absolute atomic E-state index is 12.3. The lowest BCUT2D eigenvalue weighted by Gasteiger charge is -2.07. The number of hydrogen-bond donors (Lipinski definition) is 1. The van der Waals surface area contributed by atoms with Gasteiger partial charge >= 0.3 is 0 Å². The van der Waals surface area contributed by atoms with Crippen LogP contribution in [0.1, 0.15) is 31.7 Å². The van der Waals surface area contributed by atoms with Gasteiger partial charge in [0.25, 0.3) is 0 Å². The number of sulfonamides is 1. The largest absolute Gasteiger partial charge is 0.237 e. The van der Waals surface area contributed by atoms with Crippen molar-refractivity contribution in [1.82, 2.24) is 4.72 Å². The Bertz CT molecular complexity index is 623. The molecule has 0 radical (unpaired) electrons. The first-order valence-electron chi connectivity index (χ1n) is 6.69. The third-order valence-corrected chi connectivity index (χ3v) is 5.31. The number of rotatable bonds is 6. The highest BCUT2D eigenvalue weighted by Crippen LogP contribution is 2.19. The van der Waals surface area contributed by atoms with Crippen LogP contribution < -0.4 is 4.72 Å². The molecular weight excluding hydrogens is 290 g/mol. The van der Waals surface area contributed by atoms with E-state index in [0.29, 0.717) is 17.9 Å². The van der Waals surface area contributed by atoms with Crippen LogP contribution in [0.4, 0.5) is 0 Å². The van der Waals surface area contributed by atoms with E-state index in [9.17, 15) is 8.42 Å².